The van der Waals surface area contributed by atoms with Crippen LogP contribution in [-0.4, -0.2) is 102 Å². The molecule has 1 aliphatic carbocycles. The van der Waals surface area contributed by atoms with Crippen LogP contribution in [0.25, 0.3) is 10.8 Å². The number of hydrogen-bond acceptors (Lipinski definition) is 11. The molecule has 2 aromatic carbocycles. The van der Waals surface area contributed by atoms with E-state index in [2.05, 4.69) is 41.5 Å². The first kappa shape index (κ1) is 43.3. The van der Waals surface area contributed by atoms with Crippen molar-refractivity contribution >= 4 is 51.9 Å². The Balaban J connectivity index is 1.21. The Labute approximate surface area is 347 Å². The molecule has 0 radical (unpaired) electrons. The molecular formula is C42H53N11O7. The second-order valence-electron chi connectivity index (χ2n) is 16.1. The summed E-state index contributed by atoms with van der Waals surface area (Å²) >= 11 is 0. The van der Waals surface area contributed by atoms with Crippen LogP contribution < -0.4 is 27.0 Å². The molecule has 0 bridgehead atoms. The van der Waals surface area contributed by atoms with Crippen molar-refractivity contribution in [2.75, 3.05) is 18.4 Å². The summed E-state index contributed by atoms with van der Waals surface area (Å²) in [6.07, 6.45) is 11.6. The lowest BCUT2D eigenvalue weighted by molar-refractivity contribution is -0.142. The summed E-state index contributed by atoms with van der Waals surface area (Å²) in [7, 11) is 0. The maximum Gasteiger partial charge on any atom is 0.319 e. The van der Waals surface area contributed by atoms with E-state index >= 15 is 0 Å². The number of aromatic nitrogens is 5. The number of nitrogens with two attached hydrogens (primary N) is 1. The fraction of sp³-hybridized carbons (Fsp3) is 0.476. The zero-order valence-electron chi connectivity index (χ0n) is 33.9. The van der Waals surface area contributed by atoms with Gasteiger partial charge in [0.05, 0.1) is 42.1 Å². The van der Waals surface area contributed by atoms with Gasteiger partial charge in [-0.15, -0.1) is 5.10 Å². The maximum absolute atomic E-state index is 14.9. The minimum absolute atomic E-state index is 0.0193. The summed E-state index contributed by atoms with van der Waals surface area (Å²) in [5.74, 6) is -3.69. The van der Waals surface area contributed by atoms with E-state index in [9.17, 15) is 33.9 Å². The molecule has 4 aromatic rings. The molecule has 318 valence electrons. The minimum atomic E-state index is -1.36. The van der Waals surface area contributed by atoms with Crippen molar-refractivity contribution in [1.82, 2.24) is 45.8 Å². The number of unbranched alkanes of at least 4 members (excludes halogenated alkanes) is 1. The molecule has 6 amide bonds. The summed E-state index contributed by atoms with van der Waals surface area (Å²) < 4.78 is 1.50. The van der Waals surface area contributed by atoms with Crippen molar-refractivity contribution in [3.8, 4) is 0 Å². The molecule has 2 fully saturated rings. The van der Waals surface area contributed by atoms with Crippen molar-refractivity contribution in [2.45, 2.75) is 108 Å². The molecule has 0 spiro atoms. The van der Waals surface area contributed by atoms with Crippen LogP contribution in [0.2, 0.25) is 0 Å². The highest BCUT2D eigenvalue weighted by Gasteiger charge is 2.45. The van der Waals surface area contributed by atoms with Crippen LogP contribution in [-0.2, 0) is 24.8 Å². The highest BCUT2D eigenvalue weighted by Crippen LogP contribution is 2.34. The molecule has 2 aromatic heterocycles. The van der Waals surface area contributed by atoms with Crippen molar-refractivity contribution < 1.29 is 33.9 Å². The van der Waals surface area contributed by atoms with Crippen LogP contribution >= 0.6 is 0 Å². The first-order valence-corrected chi connectivity index (χ1v) is 20.5. The third-order valence-corrected chi connectivity index (χ3v) is 11.2. The number of hydrogen-bond donors (Lipinski definition) is 6. The van der Waals surface area contributed by atoms with E-state index in [1.807, 2.05) is 30.3 Å². The zero-order valence-corrected chi connectivity index (χ0v) is 33.9. The van der Waals surface area contributed by atoms with Crippen LogP contribution in [0.4, 0.5) is 10.5 Å². The van der Waals surface area contributed by atoms with E-state index in [4.69, 9.17) is 5.73 Å². The summed E-state index contributed by atoms with van der Waals surface area (Å²) in [6.45, 7) is 3.35. The number of urea groups is 1. The number of aliphatic hydroxyl groups is 1. The van der Waals surface area contributed by atoms with Gasteiger partial charge in [-0.05, 0) is 68.4 Å². The average molecular weight is 824 g/mol. The number of carbonyl (C=O) groups excluding carboxylic acids is 6. The van der Waals surface area contributed by atoms with Crippen LogP contribution in [0.3, 0.4) is 0 Å². The molecule has 6 rings (SSSR count). The Morgan fingerprint density at radius 2 is 1.65 bits per heavy atom. The Morgan fingerprint density at radius 3 is 2.37 bits per heavy atom. The molecule has 3 heterocycles. The second-order valence-corrected chi connectivity index (χ2v) is 16.1. The van der Waals surface area contributed by atoms with Gasteiger partial charge in [0.2, 0.25) is 17.6 Å². The number of rotatable bonds is 17. The molecule has 1 saturated heterocycles. The molecule has 4 atom stereocenters. The monoisotopic (exact) mass is 823 g/mol. The Morgan fingerprint density at radius 1 is 0.917 bits per heavy atom. The number of benzene rings is 2. The van der Waals surface area contributed by atoms with Crippen LogP contribution in [0, 0.1) is 5.92 Å². The van der Waals surface area contributed by atoms with Crippen molar-refractivity contribution in [3.63, 3.8) is 0 Å². The lowest BCUT2D eigenvalue weighted by Gasteiger charge is -2.32. The fourth-order valence-corrected chi connectivity index (χ4v) is 8.11. The largest absolute Gasteiger partial charge is 0.384 e. The quantitative estimate of drug-likeness (QED) is 0.0667. The van der Waals surface area contributed by atoms with E-state index in [1.165, 1.54) is 34.5 Å². The Kier molecular flexibility index (Phi) is 14.2. The first-order chi connectivity index (χ1) is 28.8. The van der Waals surface area contributed by atoms with Gasteiger partial charge in [0.25, 0.3) is 11.8 Å². The third-order valence-electron chi connectivity index (χ3n) is 11.2. The summed E-state index contributed by atoms with van der Waals surface area (Å²) in [5, 5.41) is 32.0. The molecule has 1 saturated carbocycles. The van der Waals surface area contributed by atoms with Crippen molar-refractivity contribution in [1.29, 1.82) is 0 Å². The Bertz CT molecular complexity index is 2170. The van der Waals surface area contributed by atoms with Gasteiger partial charge in [-0.1, -0.05) is 67.6 Å². The molecule has 60 heavy (non-hydrogen) atoms. The molecule has 1 aliphatic heterocycles. The van der Waals surface area contributed by atoms with E-state index in [1.54, 1.807) is 26.0 Å². The molecule has 7 N–H and O–H groups in total. The van der Waals surface area contributed by atoms with E-state index in [-0.39, 0.29) is 31.8 Å². The lowest BCUT2D eigenvalue weighted by atomic mass is 9.84. The van der Waals surface area contributed by atoms with Crippen molar-refractivity contribution in [2.24, 2.45) is 11.7 Å². The number of fused-ring (bicyclic) bond motifs is 1. The van der Waals surface area contributed by atoms with Gasteiger partial charge >= 0.3 is 6.03 Å². The number of carbonyl (C=O) groups is 6. The highest BCUT2D eigenvalue weighted by molar-refractivity contribution is 6.37. The van der Waals surface area contributed by atoms with Crippen molar-refractivity contribution in [3.05, 3.63) is 78.6 Å². The fourth-order valence-electron chi connectivity index (χ4n) is 8.11. The number of primary amides is 1. The van der Waals surface area contributed by atoms with E-state index in [0.717, 1.165) is 42.9 Å². The second kappa shape index (κ2) is 19.6. The predicted molar refractivity (Wildman–Crippen MR) is 220 cm³/mol. The van der Waals surface area contributed by atoms with E-state index in [0.29, 0.717) is 36.2 Å². The topological polar surface area (TPSA) is 257 Å². The van der Waals surface area contributed by atoms with Gasteiger partial charge in [-0.25, -0.2) is 19.4 Å². The van der Waals surface area contributed by atoms with Gasteiger partial charge in [0.1, 0.15) is 24.0 Å². The molecule has 18 heteroatoms. The number of anilines is 1. The first-order valence-electron chi connectivity index (χ1n) is 20.5. The van der Waals surface area contributed by atoms with E-state index < -0.39 is 65.2 Å². The molecule has 1 unspecified atom stereocenters. The smallest absolute Gasteiger partial charge is 0.319 e. The average Bonchev–Trinajstić information content (AvgIpc) is 3.92. The summed E-state index contributed by atoms with van der Waals surface area (Å²) in [4.78, 5) is 89.8. The predicted octanol–water partition coefficient (Wildman–Crippen LogP) is 2.89. The number of ketones is 1. The van der Waals surface area contributed by atoms with Gasteiger partial charge in [-0.2, -0.15) is 0 Å². The minimum Gasteiger partial charge on any atom is -0.384 e. The molecule has 18 nitrogen and oxygen atoms in total. The Hall–Kier alpha value is -6.30. The summed E-state index contributed by atoms with van der Waals surface area (Å²) in [6, 6.07) is 8.42. The highest BCUT2D eigenvalue weighted by atomic mass is 16.3. The van der Waals surface area contributed by atoms with Gasteiger partial charge in [0.15, 0.2) is 0 Å². The lowest BCUT2D eigenvalue weighted by Crippen LogP contribution is -2.56. The number of nitrogens with zero attached hydrogens (tertiary/aromatic N) is 6. The molecule has 2 aliphatic rings. The van der Waals surface area contributed by atoms with Gasteiger partial charge < -0.3 is 37.0 Å². The number of Topliss-reactive ketones (excluding diaryl/α,β-unsaturated/α-hetero) is 1. The SMILES string of the molecule is CC(C)(O)c1cnnn1[C@H]1C[C@@H](C(=O)NC(CCCCNC(=O)Nc2cncnc2)C(=O)C(N)=O)N(C(=O)[C@@H](CC2CCCCC2)NC(=O)c2ccc3ccccc3c2)C1. The molecular weight excluding hydrogens is 771 g/mol. The zero-order chi connectivity index (χ0) is 42.8. The van der Waals surface area contributed by atoms with Crippen LogP contribution in [0.15, 0.2) is 67.4 Å². The maximum atomic E-state index is 14.9. The third kappa shape index (κ3) is 11.0. The normalized spacial score (nSPS) is 18.0. The number of likely N-dealkylation sites (tertiary alicyclic amines) is 1. The van der Waals surface area contributed by atoms with Crippen LogP contribution in [0.5, 0.6) is 0 Å². The number of amides is 6. The van der Waals surface area contributed by atoms with Crippen LogP contribution in [0.1, 0.15) is 100 Å². The van der Waals surface area contributed by atoms with Gasteiger partial charge in [-0.3, -0.25) is 24.0 Å². The number of nitrogens with one attached hydrogen (secondary N) is 4. The van der Waals surface area contributed by atoms with Gasteiger partial charge in [0, 0.05) is 25.1 Å². The summed E-state index contributed by atoms with van der Waals surface area (Å²) in [5.41, 5.74) is 5.21. The standard InChI is InChI=1S/C42H53N11O7/c1-42(2,60)35-23-47-51-53(35)31-20-34(39(57)49-32(36(54)37(43)55)14-8-9-17-46-41(59)48-30-21-44-25-45-22-30)52(24-31)40(58)33(18-26-10-4-3-5-11-26)50-38(56)29-16-15-27-12-6-7-13-28(27)19-29/h6-7,12-13,15-16,19,21-23,25-26,31-34,60H,3-5,8-11,14,17-18,20,24H2,1-2H3,(H2,43,55)(H,49,57)(H,50,56)(H2,46,48,59)/t31-,32?,33+,34-/m0/s1.